The Morgan fingerprint density at radius 1 is 1.57 bits per heavy atom. The summed E-state index contributed by atoms with van der Waals surface area (Å²) in [5.74, 6) is 1.74. The number of aromatic nitrogens is 1. The van der Waals surface area contributed by atoms with Crippen molar-refractivity contribution in [1.29, 1.82) is 0 Å². The van der Waals surface area contributed by atoms with Crippen LogP contribution in [0, 0.1) is 5.92 Å². The number of rotatable bonds is 5. The monoisotopic (exact) mass is 291 g/mol. The van der Waals surface area contributed by atoms with Crippen molar-refractivity contribution in [2.75, 3.05) is 38.1 Å². The van der Waals surface area contributed by atoms with E-state index < -0.39 is 0 Å². The molecule has 1 aliphatic heterocycles. The van der Waals surface area contributed by atoms with E-state index in [9.17, 15) is 0 Å². The summed E-state index contributed by atoms with van der Waals surface area (Å²) in [5.41, 5.74) is 5.87. The minimum absolute atomic E-state index is 0.113. The highest BCUT2D eigenvalue weighted by atomic mass is 16.5. The van der Waals surface area contributed by atoms with Crippen LogP contribution >= 0.6 is 0 Å². The van der Waals surface area contributed by atoms with Gasteiger partial charge in [-0.2, -0.15) is 0 Å². The van der Waals surface area contributed by atoms with Gasteiger partial charge in [-0.3, -0.25) is 9.89 Å². The van der Waals surface area contributed by atoms with Gasteiger partial charge in [0, 0.05) is 25.8 Å². The zero-order valence-electron chi connectivity index (χ0n) is 12.8. The van der Waals surface area contributed by atoms with Gasteiger partial charge in [0.25, 0.3) is 0 Å². The lowest BCUT2D eigenvalue weighted by molar-refractivity contribution is -0.0261. The lowest BCUT2D eigenvalue weighted by Gasteiger charge is -2.33. The van der Waals surface area contributed by atoms with Gasteiger partial charge in [0.15, 0.2) is 5.96 Å². The van der Waals surface area contributed by atoms with Crippen LogP contribution in [0.3, 0.4) is 0 Å². The smallest absolute Gasteiger partial charge is 0.194 e. The first-order valence-electron chi connectivity index (χ1n) is 7.45. The Bertz CT molecular complexity index is 449. The highest BCUT2D eigenvalue weighted by Crippen LogP contribution is 2.08. The molecule has 0 radical (unpaired) electrons. The number of morpholine rings is 1. The molecule has 2 heterocycles. The summed E-state index contributed by atoms with van der Waals surface area (Å²) in [6.07, 6.45) is 1.82. The van der Waals surface area contributed by atoms with E-state index in [1.165, 1.54) is 0 Å². The molecule has 116 valence electrons. The fourth-order valence-corrected chi connectivity index (χ4v) is 2.38. The van der Waals surface area contributed by atoms with Crippen LogP contribution in [0.2, 0.25) is 0 Å². The van der Waals surface area contributed by atoms with Crippen LogP contribution in [-0.2, 0) is 4.74 Å². The number of hydrogen-bond acceptors (Lipinski definition) is 4. The second-order valence-corrected chi connectivity index (χ2v) is 5.71. The predicted molar refractivity (Wildman–Crippen MR) is 85.4 cm³/mol. The van der Waals surface area contributed by atoms with Crippen molar-refractivity contribution in [3.8, 4) is 0 Å². The summed E-state index contributed by atoms with van der Waals surface area (Å²) in [6, 6.07) is 5.61. The SMILES string of the molecule is CC(C)CN1CCOC(CN=C(N)Nc2ccccn2)C1. The molecule has 1 atom stereocenters. The second kappa shape index (κ2) is 7.95. The predicted octanol–water partition coefficient (Wildman–Crippen LogP) is 1.17. The van der Waals surface area contributed by atoms with Crippen LogP contribution in [0.15, 0.2) is 29.4 Å². The van der Waals surface area contributed by atoms with E-state index in [-0.39, 0.29) is 6.10 Å². The van der Waals surface area contributed by atoms with Gasteiger partial charge in [-0.1, -0.05) is 19.9 Å². The molecule has 1 saturated heterocycles. The Morgan fingerprint density at radius 2 is 2.43 bits per heavy atom. The number of pyridine rings is 1. The fraction of sp³-hybridized carbons (Fsp3) is 0.600. The number of nitrogens with two attached hydrogens (primary N) is 1. The number of aliphatic imine (C=N–C) groups is 1. The number of ether oxygens (including phenoxy) is 1. The fourth-order valence-electron chi connectivity index (χ4n) is 2.38. The van der Waals surface area contributed by atoms with E-state index in [1.807, 2.05) is 18.2 Å². The summed E-state index contributed by atoms with van der Waals surface area (Å²) >= 11 is 0. The standard InChI is InChI=1S/C15H25N5O/c1-12(2)10-20-7-8-21-13(11-20)9-18-15(16)19-14-5-3-4-6-17-14/h3-6,12-13H,7-11H2,1-2H3,(H3,16,17,18,19). The van der Waals surface area contributed by atoms with Gasteiger partial charge >= 0.3 is 0 Å². The summed E-state index contributed by atoms with van der Waals surface area (Å²) in [4.78, 5) is 10.9. The van der Waals surface area contributed by atoms with Crippen molar-refractivity contribution in [3.63, 3.8) is 0 Å². The highest BCUT2D eigenvalue weighted by molar-refractivity contribution is 5.91. The maximum absolute atomic E-state index is 5.87. The van der Waals surface area contributed by atoms with Crippen molar-refractivity contribution < 1.29 is 4.74 Å². The number of nitrogens with one attached hydrogen (secondary N) is 1. The van der Waals surface area contributed by atoms with Crippen molar-refractivity contribution in [2.24, 2.45) is 16.6 Å². The first-order chi connectivity index (χ1) is 10.1. The second-order valence-electron chi connectivity index (χ2n) is 5.71. The molecule has 1 aromatic rings. The molecule has 1 aliphatic rings. The van der Waals surface area contributed by atoms with Gasteiger partial charge in [0.05, 0.1) is 19.3 Å². The molecule has 0 saturated carbocycles. The molecule has 0 bridgehead atoms. The van der Waals surface area contributed by atoms with Crippen molar-refractivity contribution >= 4 is 11.8 Å². The third-order valence-electron chi connectivity index (χ3n) is 3.23. The Morgan fingerprint density at radius 3 is 3.14 bits per heavy atom. The van der Waals surface area contributed by atoms with Gasteiger partial charge < -0.3 is 15.8 Å². The molecule has 6 heteroatoms. The number of nitrogens with zero attached hydrogens (tertiary/aromatic N) is 3. The number of hydrogen-bond donors (Lipinski definition) is 2. The Labute approximate surface area is 126 Å². The summed E-state index contributed by atoms with van der Waals surface area (Å²) in [7, 11) is 0. The quantitative estimate of drug-likeness (QED) is 0.629. The maximum atomic E-state index is 5.87. The molecule has 0 aliphatic carbocycles. The van der Waals surface area contributed by atoms with E-state index in [0.29, 0.717) is 24.2 Å². The third-order valence-corrected chi connectivity index (χ3v) is 3.23. The minimum atomic E-state index is 0.113. The van der Waals surface area contributed by atoms with E-state index in [2.05, 4.69) is 34.0 Å². The Kier molecular flexibility index (Phi) is 5.95. The molecule has 0 spiro atoms. The summed E-state index contributed by atoms with van der Waals surface area (Å²) in [5, 5.41) is 2.97. The average molecular weight is 291 g/mol. The van der Waals surface area contributed by atoms with E-state index in [1.54, 1.807) is 6.20 Å². The van der Waals surface area contributed by atoms with Gasteiger partial charge in [0.2, 0.25) is 0 Å². The Balaban J connectivity index is 1.79. The van der Waals surface area contributed by atoms with E-state index in [0.717, 1.165) is 26.2 Å². The molecule has 1 fully saturated rings. The normalized spacial score (nSPS) is 20.7. The molecule has 1 aromatic heterocycles. The highest BCUT2D eigenvalue weighted by Gasteiger charge is 2.20. The average Bonchev–Trinajstić information content (AvgIpc) is 2.46. The van der Waals surface area contributed by atoms with Crippen molar-refractivity contribution in [3.05, 3.63) is 24.4 Å². The number of guanidine groups is 1. The summed E-state index contributed by atoms with van der Waals surface area (Å²) in [6.45, 7) is 8.82. The van der Waals surface area contributed by atoms with Crippen molar-refractivity contribution in [1.82, 2.24) is 9.88 Å². The molecule has 0 aromatic carbocycles. The largest absolute Gasteiger partial charge is 0.374 e. The van der Waals surface area contributed by atoms with Crippen LogP contribution in [0.25, 0.3) is 0 Å². The molecular formula is C15H25N5O. The minimum Gasteiger partial charge on any atom is -0.374 e. The topological polar surface area (TPSA) is 75.8 Å². The van der Waals surface area contributed by atoms with Gasteiger partial charge in [-0.15, -0.1) is 0 Å². The lowest BCUT2D eigenvalue weighted by Crippen LogP contribution is -2.45. The number of anilines is 1. The zero-order chi connectivity index (χ0) is 15.1. The summed E-state index contributed by atoms with van der Waals surface area (Å²) < 4.78 is 5.74. The first kappa shape index (κ1) is 15.7. The first-order valence-corrected chi connectivity index (χ1v) is 7.45. The van der Waals surface area contributed by atoms with Gasteiger partial charge in [-0.05, 0) is 18.1 Å². The molecule has 0 amide bonds. The van der Waals surface area contributed by atoms with Crippen LogP contribution in [0.4, 0.5) is 5.82 Å². The van der Waals surface area contributed by atoms with Crippen LogP contribution in [0.1, 0.15) is 13.8 Å². The van der Waals surface area contributed by atoms with E-state index in [4.69, 9.17) is 10.5 Å². The molecular weight excluding hydrogens is 266 g/mol. The van der Waals surface area contributed by atoms with Crippen molar-refractivity contribution in [2.45, 2.75) is 20.0 Å². The van der Waals surface area contributed by atoms with Gasteiger partial charge in [0.1, 0.15) is 5.82 Å². The van der Waals surface area contributed by atoms with Crippen LogP contribution in [0.5, 0.6) is 0 Å². The Hall–Kier alpha value is -1.66. The zero-order valence-corrected chi connectivity index (χ0v) is 12.8. The van der Waals surface area contributed by atoms with E-state index >= 15 is 0 Å². The maximum Gasteiger partial charge on any atom is 0.194 e. The molecule has 3 N–H and O–H groups in total. The molecule has 21 heavy (non-hydrogen) atoms. The molecule has 6 nitrogen and oxygen atoms in total. The van der Waals surface area contributed by atoms with Crippen LogP contribution in [-0.4, -0.2) is 54.7 Å². The van der Waals surface area contributed by atoms with Gasteiger partial charge in [-0.25, -0.2) is 4.98 Å². The lowest BCUT2D eigenvalue weighted by atomic mass is 10.2. The van der Waals surface area contributed by atoms with Crippen LogP contribution < -0.4 is 11.1 Å². The molecule has 1 unspecified atom stereocenters. The third kappa shape index (κ3) is 5.69. The molecule has 2 rings (SSSR count).